The van der Waals surface area contributed by atoms with Gasteiger partial charge in [0.2, 0.25) is 15.9 Å². The topological polar surface area (TPSA) is 66.5 Å². The number of carbonyl (C=O) groups excluding carboxylic acids is 1. The number of hydrogen-bond donors (Lipinski definition) is 1. The Kier molecular flexibility index (Phi) is 6.60. The van der Waals surface area contributed by atoms with E-state index >= 15 is 0 Å². The molecule has 3 aromatic carbocycles. The zero-order chi connectivity index (χ0) is 21.8. The maximum absolute atomic E-state index is 12.9. The van der Waals surface area contributed by atoms with Gasteiger partial charge in [-0.05, 0) is 52.9 Å². The van der Waals surface area contributed by atoms with E-state index in [2.05, 4.69) is 17.4 Å². The molecule has 0 unspecified atom stereocenters. The van der Waals surface area contributed by atoms with Crippen LogP contribution in [0.3, 0.4) is 0 Å². The molecule has 162 valence electrons. The van der Waals surface area contributed by atoms with Gasteiger partial charge in [0.25, 0.3) is 0 Å². The van der Waals surface area contributed by atoms with E-state index in [1.165, 1.54) is 4.31 Å². The van der Waals surface area contributed by atoms with Crippen LogP contribution in [0.25, 0.3) is 10.8 Å². The quantitative estimate of drug-likeness (QED) is 0.599. The summed E-state index contributed by atoms with van der Waals surface area (Å²) in [5.74, 6) is -0.524. The first kappa shape index (κ1) is 21.8. The molecule has 1 heterocycles. The van der Waals surface area contributed by atoms with Crippen LogP contribution in [0.2, 0.25) is 5.02 Å². The fourth-order valence-electron chi connectivity index (χ4n) is 3.97. The molecule has 1 aliphatic heterocycles. The van der Waals surface area contributed by atoms with Crippen molar-refractivity contribution in [3.8, 4) is 0 Å². The molecule has 0 aliphatic carbocycles. The largest absolute Gasteiger partial charge is 0.352 e. The molecule has 1 fully saturated rings. The van der Waals surface area contributed by atoms with Crippen LogP contribution < -0.4 is 5.32 Å². The van der Waals surface area contributed by atoms with E-state index in [0.717, 1.165) is 16.3 Å². The molecule has 1 aliphatic rings. The molecule has 1 atom stereocenters. The van der Waals surface area contributed by atoms with Gasteiger partial charge in [-0.25, -0.2) is 12.7 Å². The summed E-state index contributed by atoms with van der Waals surface area (Å²) in [6.07, 6.45) is 1.37. The van der Waals surface area contributed by atoms with Crippen molar-refractivity contribution in [2.45, 2.75) is 25.1 Å². The van der Waals surface area contributed by atoms with Crippen LogP contribution >= 0.6 is 11.6 Å². The minimum absolute atomic E-state index is 0.0877. The lowest BCUT2D eigenvalue weighted by atomic mass is 9.98. The second-order valence-corrected chi connectivity index (χ2v) is 10.4. The second-order valence-electron chi connectivity index (χ2n) is 7.98. The number of halogens is 1. The van der Waals surface area contributed by atoms with Gasteiger partial charge in [-0.1, -0.05) is 60.1 Å². The number of rotatable bonds is 6. The lowest BCUT2D eigenvalue weighted by Crippen LogP contribution is -2.45. The number of carbonyl (C=O) groups is 1. The van der Waals surface area contributed by atoms with Crippen LogP contribution in [-0.2, 0) is 27.1 Å². The van der Waals surface area contributed by atoms with Crippen LogP contribution in [0, 0.1) is 5.92 Å². The summed E-state index contributed by atoms with van der Waals surface area (Å²) in [6.45, 7) is 1.10. The summed E-state index contributed by atoms with van der Waals surface area (Å²) in [5.41, 5.74) is 1.71. The van der Waals surface area contributed by atoms with Gasteiger partial charge >= 0.3 is 0 Å². The van der Waals surface area contributed by atoms with E-state index in [4.69, 9.17) is 11.6 Å². The molecule has 1 N–H and O–H groups in total. The fourth-order valence-corrected chi connectivity index (χ4v) is 5.71. The van der Waals surface area contributed by atoms with Crippen LogP contribution in [0.5, 0.6) is 0 Å². The first-order chi connectivity index (χ1) is 14.9. The molecule has 0 spiro atoms. The molecule has 0 saturated carbocycles. The van der Waals surface area contributed by atoms with Crippen LogP contribution in [0.1, 0.15) is 24.0 Å². The predicted molar refractivity (Wildman–Crippen MR) is 124 cm³/mol. The van der Waals surface area contributed by atoms with E-state index < -0.39 is 10.0 Å². The van der Waals surface area contributed by atoms with Crippen molar-refractivity contribution in [3.63, 3.8) is 0 Å². The van der Waals surface area contributed by atoms with E-state index in [0.29, 0.717) is 36.5 Å². The van der Waals surface area contributed by atoms with Crippen molar-refractivity contribution in [2.75, 3.05) is 13.1 Å². The van der Waals surface area contributed by atoms with Crippen LogP contribution in [0.4, 0.5) is 0 Å². The Bertz CT molecular complexity index is 1180. The standard InChI is InChI=1S/C24H25ClN2O3S/c25-23-11-8-18(9-12-23)17-31(29,30)27-13-3-6-22(16-27)24(28)26-15-19-7-10-20-4-1-2-5-21(20)14-19/h1-2,4-5,7-12,14,22H,3,6,13,15-17H2,(H,26,28)/t22-/m1/s1. The van der Waals surface area contributed by atoms with E-state index in [1.807, 2.05) is 30.3 Å². The Morgan fingerprint density at radius 2 is 1.71 bits per heavy atom. The first-order valence-corrected chi connectivity index (χ1v) is 12.4. The van der Waals surface area contributed by atoms with Crippen LogP contribution in [0.15, 0.2) is 66.7 Å². The van der Waals surface area contributed by atoms with Gasteiger partial charge < -0.3 is 5.32 Å². The number of sulfonamides is 1. The minimum atomic E-state index is -3.50. The monoisotopic (exact) mass is 456 g/mol. The van der Waals surface area contributed by atoms with Crippen molar-refractivity contribution in [1.29, 1.82) is 0 Å². The van der Waals surface area contributed by atoms with Gasteiger partial charge in [0.1, 0.15) is 0 Å². The predicted octanol–water partition coefficient (Wildman–Crippen LogP) is 4.35. The number of nitrogens with zero attached hydrogens (tertiary/aromatic N) is 1. The molecule has 1 amide bonds. The number of amides is 1. The number of benzene rings is 3. The van der Waals surface area contributed by atoms with Crippen molar-refractivity contribution in [1.82, 2.24) is 9.62 Å². The SMILES string of the molecule is O=C(NCc1ccc2ccccc2c1)[C@@H]1CCCN(S(=O)(=O)Cc2ccc(Cl)cc2)C1. The molecule has 5 nitrogen and oxygen atoms in total. The highest BCUT2D eigenvalue weighted by molar-refractivity contribution is 7.88. The zero-order valence-corrected chi connectivity index (χ0v) is 18.7. The normalized spacial score (nSPS) is 17.5. The van der Waals surface area contributed by atoms with Crippen LogP contribution in [-0.4, -0.2) is 31.7 Å². The average molecular weight is 457 g/mol. The molecule has 3 aromatic rings. The van der Waals surface area contributed by atoms with Gasteiger partial charge in [0.15, 0.2) is 0 Å². The smallest absolute Gasteiger partial charge is 0.224 e. The van der Waals surface area contributed by atoms with Crippen molar-refractivity contribution in [3.05, 3.63) is 82.9 Å². The molecule has 0 aromatic heterocycles. The summed E-state index contributed by atoms with van der Waals surface area (Å²) in [5, 5.41) is 5.85. The van der Waals surface area contributed by atoms with Gasteiger partial charge in [-0.3, -0.25) is 4.79 Å². The third-order valence-corrected chi connectivity index (χ3v) is 7.76. The molecule has 0 radical (unpaired) electrons. The molecule has 0 bridgehead atoms. The highest BCUT2D eigenvalue weighted by Gasteiger charge is 2.32. The Morgan fingerprint density at radius 1 is 1.00 bits per heavy atom. The highest BCUT2D eigenvalue weighted by Crippen LogP contribution is 2.23. The summed E-state index contributed by atoms with van der Waals surface area (Å²) >= 11 is 5.88. The maximum atomic E-state index is 12.9. The maximum Gasteiger partial charge on any atom is 0.224 e. The Balaban J connectivity index is 1.36. The molecular weight excluding hydrogens is 432 g/mol. The summed E-state index contributed by atoms with van der Waals surface area (Å²) in [7, 11) is -3.50. The van der Waals surface area contributed by atoms with E-state index in [1.54, 1.807) is 24.3 Å². The lowest BCUT2D eigenvalue weighted by Gasteiger charge is -2.31. The first-order valence-electron chi connectivity index (χ1n) is 10.4. The second kappa shape index (κ2) is 9.39. The number of piperidine rings is 1. The van der Waals surface area contributed by atoms with Crippen molar-refractivity contribution in [2.24, 2.45) is 5.92 Å². The Labute approximate surface area is 188 Å². The van der Waals surface area contributed by atoms with E-state index in [9.17, 15) is 13.2 Å². The summed E-state index contributed by atoms with van der Waals surface area (Å²) in [6, 6.07) is 21.0. The highest BCUT2D eigenvalue weighted by atomic mass is 35.5. The molecule has 4 rings (SSSR count). The van der Waals surface area contributed by atoms with Gasteiger partial charge in [0, 0.05) is 24.7 Å². The van der Waals surface area contributed by atoms with E-state index in [-0.39, 0.29) is 24.1 Å². The average Bonchev–Trinajstić information content (AvgIpc) is 2.79. The number of hydrogen-bond acceptors (Lipinski definition) is 3. The summed E-state index contributed by atoms with van der Waals surface area (Å²) in [4.78, 5) is 12.8. The third-order valence-electron chi connectivity index (χ3n) is 5.69. The Hall–Kier alpha value is -2.41. The fraction of sp³-hybridized carbons (Fsp3) is 0.292. The van der Waals surface area contributed by atoms with Gasteiger partial charge in [-0.2, -0.15) is 0 Å². The third kappa shape index (κ3) is 5.45. The van der Waals surface area contributed by atoms with Crippen molar-refractivity contribution >= 4 is 38.3 Å². The molecular formula is C24H25ClN2O3S. The summed E-state index contributed by atoms with van der Waals surface area (Å²) < 4.78 is 27.2. The minimum Gasteiger partial charge on any atom is -0.352 e. The zero-order valence-electron chi connectivity index (χ0n) is 17.1. The Morgan fingerprint density at radius 3 is 2.48 bits per heavy atom. The van der Waals surface area contributed by atoms with Gasteiger partial charge in [0.05, 0.1) is 11.7 Å². The van der Waals surface area contributed by atoms with Crippen molar-refractivity contribution < 1.29 is 13.2 Å². The number of fused-ring (bicyclic) bond motifs is 1. The molecule has 7 heteroatoms. The molecule has 1 saturated heterocycles. The molecule has 31 heavy (non-hydrogen) atoms. The lowest BCUT2D eigenvalue weighted by molar-refractivity contribution is -0.126. The number of nitrogens with one attached hydrogen (secondary N) is 1. The van der Waals surface area contributed by atoms with Gasteiger partial charge in [-0.15, -0.1) is 0 Å².